The highest BCUT2D eigenvalue weighted by molar-refractivity contribution is 8.00. The largest absolute Gasteiger partial charge is 0.380 e. The molecule has 0 aliphatic carbocycles. The molecular weight excluding hydrogens is 254 g/mol. The summed E-state index contributed by atoms with van der Waals surface area (Å²) < 4.78 is 5.56. The molecule has 1 aromatic heterocycles. The molecule has 2 saturated heterocycles. The van der Waals surface area contributed by atoms with Gasteiger partial charge in [-0.05, 0) is 6.42 Å². The fourth-order valence-electron chi connectivity index (χ4n) is 2.56. The average Bonchev–Trinajstić information content (AvgIpc) is 2.75. The van der Waals surface area contributed by atoms with Crippen LogP contribution in [0.4, 0.5) is 5.13 Å². The van der Waals surface area contributed by atoms with Gasteiger partial charge >= 0.3 is 0 Å². The van der Waals surface area contributed by atoms with E-state index < -0.39 is 0 Å². The van der Waals surface area contributed by atoms with E-state index in [1.807, 2.05) is 6.20 Å². The van der Waals surface area contributed by atoms with Gasteiger partial charge in [0.2, 0.25) is 0 Å². The summed E-state index contributed by atoms with van der Waals surface area (Å²) in [6, 6.07) is 0.672. The third kappa shape index (κ3) is 2.59. The van der Waals surface area contributed by atoms with Crippen molar-refractivity contribution in [2.24, 2.45) is 0 Å². The molecule has 0 saturated carbocycles. The van der Waals surface area contributed by atoms with Crippen LogP contribution in [0.2, 0.25) is 0 Å². The summed E-state index contributed by atoms with van der Waals surface area (Å²) in [7, 11) is 0. The lowest BCUT2D eigenvalue weighted by Gasteiger charge is -2.43. The molecule has 1 aromatic rings. The maximum Gasteiger partial charge on any atom is 0.180 e. The van der Waals surface area contributed by atoms with Crippen molar-refractivity contribution in [1.29, 1.82) is 0 Å². The van der Waals surface area contributed by atoms with Crippen molar-refractivity contribution in [2.45, 2.75) is 24.3 Å². The Labute approximate surface area is 110 Å². The van der Waals surface area contributed by atoms with Crippen molar-refractivity contribution in [3.63, 3.8) is 0 Å². The van der Waals surface area contributed by atoms with Crippen LogP contribution in [0.1, 0.15) is 11.3 Å². The molecular formula is C11H17N3OS2. The number of anilines is 1. The number of hydrogen-bond donors (Lipinski definition) is 1. The molecule has 2 N–H and O–H groups in total. The standard InChI is InChI=1S/C11H17N3OS2/c12-11-13-5-8(17-11)6-14-2-4-16-10-7-15-3-1-9(10)14/h5,9-10H,1-4,6-7H2,(H2,12,13). The minimum atomic E-state index is 0.655. The smallest absolute Gasteiger partial charge is 0.180 e. The summed E-state index contributed by atoms with van der Waals surface area (Å²) in [5, 5.41) is 1.33. The number of fused-ring (bicyclic) bond motifs is 1. The number of rotatable bonds is 2. The number of thiazole rings is 1. The summed E-state index contributed by atoms with van der Waals surface area (Å²) in [4.78, 5) is 7.98. The fourth-order valence-corrected chi connectivity index (χ4v) is 4.63. The van der Waals surface area contributed by atoms with E-state index >= 15 is 0 Å². The molecule has 2 unspecified atom stereocenters. The van der Waals surface area contributed by atoms with Gasteiger partial charge in [0, 0.05) is 47.8 Å². The van der Waals surface area contributed by atoms with Crippen molar-refractivity contribution in [1.82, 2.24) is 9.88 Å². The van der Waals surface area contributed by atoms with Gasteiger partial charge in [-0.25, -0.2) is 4.98 Å². The maximum absolute atomic E-state index is 5.68. The highest BCUT2D eigenvalue weighted by Gasteiger charge is 2.34. The van der Waals surface area contributed by atoms with Gasteiger partial charge in [0.1, 0.15) is 0 Å². The number of nitrogens with two attached hydrogens (primary N) is 1. The molecule has 0 amide bonds. The van der Waals surface area contributed by atoms with Crippen molar-refractivity contribution < 1.29 is 4.74 Å². The fraction of sp³-hybridized carbons (Fsp3) is 0.727. The van der Waals surface area contributed by atoms with E-state index in [0.717, 1.165) is 26.2 Å². The molecule has 6 heteroatoms. The topological polar surface area (TPSA) is 51.4 Å². The van der Waals surface area contributed by atoms with Crippen LogP contribution < -0.4 is 5.73 Å². The third-order valence-corrected chi connectivity index (χ3v) is 5.49. The first-order valence-electron chi connectivity index (χ1n) is 5.96. The predicted molar refractivity (Wildman–Crippen MR) is 72.4 cm³/mol. The minimum absolute atomic E-state index is 0.655. The molecule has 4 nitrogen and oxygen atoms in total. The molecule has 0 aromatic carbocycles. The van der Waals surface area contributed by atoms with Gasteiger partial charge in [0.15, 0.2) is 5.13 Å². The summed E-state index contributed by atoms with van der Waals surface area (Å²) in [6.07, 6.45) is 3.07. The Morgan fingerprint density at radius 1 is 1.59 bits per heavy atom. The Hall–Kier alpha value is -0.300. The molecule has 0 bridgehead atoms. The second-order valence-corrected chi connectivity index (χ2v) is 6.97. The van der Waals surface area contributed by atoms with E-state index in [1.165, 1.54) is 17.2 Å². The minimum Gasteiger partial charge on any atom is -0.380 e. The summed E-state index contributed by atoms with van der Waals surface area (Å²) >= 11 is 3.67. The highest BCUT2D eigenvalue weighted by Crippen LogP contribution is 2.31. The molecule has 0 spiro atoms. The van der Waals surface area contributed by atoms with Gasteiger partial charge in [-0.15, -0.1) is 11.3 Å². The lowest BCUT2D eigenvalue weighted by molar-refractivity contribution is 0.0355. The normalized spacial score (nSPS) is 30.1. The molecule has 0 radical (unpaired) electrons. The third-order valence-electron chi connectivity index (χ3n) is 3.38. The molecule has 2 aliphatic heterocycles. The SMILES string of the molecule is Nc1ncc(CN2CCSC3COCCC32)s1. The zero-order valence-electron chi connectivity index (χ0n) is 9.67. The first-order chi connectivity index (χ1) is 8.33. The molecule has 94 valence electrons. The number of ether oxygens (including phenoxy) is 1. The maximum atomic E-state index is 5.68. The molecule has 2 fully saturated rings. The van der Waals surface area contributed by atoms with Crippen LogP contribution in [-0.2, 0) is 11.3 Å². The summed E-state index contributed by atoms with van der Waals surface area (Å²) in [6.45, 7) is 3.99. The van der Waals surface area contributed by atoms with E-state index in [1.54, 1.807) is 11.3 Å². The zero-order valence-corrected chi connectivity index (χ0v) is 11.3. The van der Waals surface area contributed by atoms with Crippen molar-refractivity contribution >= 4 is 28.2 Å². The van der Waals surface area contributed by atoms with Crippen LogP contribution >= 0.6 is 23.1 Å². The highest BCUT2D eigenvalue weighted by atomic mass is 32.2. The quantitative estimate of drug-likeness (QED) is 0.882. The lowest BCUT2D eigenvalue weighted by Crippen LogP contribution is -2.51. The second-order valence-electron chi connectivity index (χ2n) is 4.48. The van der Waals surface area contributed by atoms with Gasteiger partial charge in [0.25, 0.3) is 0 Å². The van der Waals surface area contributed by atoms with Gasteiger partial charge in [-0.3, -0.25) is 4.90 Å². The van der Waals surface area contributed by atoms with E-state index in [0.29, 0.717) is 16.4 Å². The molecule has 3 rings (SSSR count). The first kappa shape index (κ1) is 11.8. The Kier molecular flexibility index (Phi) is 3.56. The summed E-state index contributed by atoms with van der Waals surface area (Å²) in [5.41, 5.74) is 5.68. The van der Waals surface area contributed by atoms with E-state index in [4.69, 9.17) is 10.5 Å². The predicted octanol–water partition coefficient (Wildman–Crippen LogP) is 1.43. The van der Waals surface area contributed by atoms with Crippen LogP contribution in [0.15, 0.2) is 6.20 Å². The lowest BCUT2D eigenvalue weighted by atomic mass is 10.1. The number of thioether (sulfide) groups is 1. The van der Waals surface area contributed by atoms with Crippen LogP contribution in [0, 0.1) is 0 Å². The van der Waals surface area contributed by atoms with Crippen LogP contribution in [0.25, 0.3) is 0 Å². The molecule has 2 atom stereocenters. The molecule has 17 heavy (non-hydrogen) atoms. The van der Waals surface area contributed by atoms with E-state index in [-0.39, 0.29) is 0 Å². The van der Waals surface area contributed by atoms with Gasteiger partial charge in [0.05, 0.1) is 6.61 Å². The van der Waals surface area contributed by atoms with Gasteiger partial charge in [-0.1, -0.05) is 0 Å². The monoisotopic (exact) mass is 271 g/mol. The Bertz CT molecular complexity index is 383. The van der Waals surface area contributed by atoms with Crippen LogP contribution in [0.5, 0.6) is 0 Å². The summed E-state index contributed by atoms with van der Waals surface area (Å²) in [5.74, 6) is 1.21. The van der Waals surface area contributed by atoms with Crippen molar-refractivity contribution in [2.75, 3.05) is 31.2 Å². The molecule has 3 heterocycles. The number of hydrogen-bond acceptors (Lipinski definition) is 6. The van der Waals surface area contributed by atoms with E-state index in [2.05, 4.69) is 21.6 Å². The average molecular weight is 271 g/mol. The van der Waals surface area contributed by atoms with Crippen LogP contribution in [0.3, 0.4) is 0 Å². The first-order valence-corrected chi connectivity index (χ1v) is 7.83. The molecule has 2 aliphatic rings. The number of nitrogen functional groups attached to an aromatic ring is 1. The van der Waals surface area contributed by atoms with Crippen LogP contribution in [-0.4, -0.2) is 46.7 Å². The zero-order chi connectivity index (χ0) is 11.7. The second kappa shape index (κ2) is 5.14. The van der Waals surface area contributed by atoms with Crippen molar-refractivity contribution in [3.8, 4) is 0 Å². The van der Waals surface area contributed by atoms with Gasteiger partial charge in [-0.2, -0.15) is 11.8 Å². The Balaban J connectivity index is 1.68. The van der Waals surface area contributed by atoms with Gasteiger partial charge < -0.3 is 10.5 Å². The van der Waals surface area contributed by atoms with E-state index in [9.17, 15) is 0 Å². The number of nitrogens with zero attached hydrogens (tertiary/aromatic N) is 2. The van der Waals surface area contributed by atoms with Crippen molar-refractivity contribution in [3.05, 3.63) is 11.1 Å². The number of aromatic nitrogens is 1. The Morgan fingerprint density at radius 2 is 2.53 bits per heavy atom. The Morgan fingerprint density at radius 3 is 3.35 bits per heavy atom.